The van der Waals surface area contributed by atoms with Crippen molar-refractivity contribution in [2.24, 2.45) is 12.8 Å². The molecule has 0 unspecified atom stereocenters. The van der Waals surface area contributed by atoms with E-state index in [0.717, 1.165) is 11.3 Å². The molecule has 1 aromatic carbocycles. The SMILES string of the molecule is Cc1nn(C)c(Oc2ccc(F)cc2)c1CCN. The number of hydrogen-bond donors (Lipinski definition) is 1. The summed E-state index contributed by atoms with van der Waals surface area (Å²) in [5, 5.41) is 4.31. The lowest BCUT2D eigenvalue weighted by Gasteiger charge is -2.08. The molecule has 0 bridgehead atoms. The summed E-state index contributed by atoms with van der Waals surface area (Å²) in [5.74, 6) is 0.952. The third-order valence-corrected chi connectivity index (χ3v) is 2.71. The van der Waals surface area contributed by atoms with Gasteiger partial charge in [0, 0.05) is 12.6 Å². The molecule has 0 aliphatic heterocycles. The first-order valence-corrected chi connectivity index (χ1v) is 5.77. The van der Waals surface area contributed by atoms with Crippen molar-refractivity contribution in [3.63, 3.8) is 0 Å². The molecule has 18 heavy (non-hydrogen) atoms. The van der Waals surface area contributed by atoms with E-state index in [1.54, 1.807) is 16.8 Å². The van der Waals surface area contributed by atoms with Crippen LogP contribution in [0.1, 0.15) is 11.3 Å². The molecule has 0 radical (unpaired) electrons. The Bertz CT molecular complexity index is 534. The summed E-state index contributed by atoms with van der Waals surface area (Å²) in [5.41, 5.74) is 7.47. The number of nitrogens with zero attached hydrogens (tertiary/aromatic N) is 2. The molecule has 1 heterocycles. The highest BCUT2D eigenvalue weighted by Crippen LogP contribution is 2.27. The highest BCUT2D eigenvalue weighted by molar-refractivity contribution is 5.35. The molecule has 0 amide bonds. The highest BCUT2D eigenvalue weighted by atomic mass is 19.1. The van der Waals surface area contributed by atoms with Gasteiger partial charge in [-0.15, -0.1) is 0 Å². The summed E-state index contributed by atoms with van der Waals surface area (Å²) < 4.78 is 20.2. The van der Waals surface area contributed by atoms with E-state index in [1.807, 2.05) is 14.0 Å². The van der Waals surface area contributed by atoms with Crippen LogP contribution in [0.25, 0.3) is 0 Å². The van der Waals surface area contributed by atoms with E-state index in [0.29, 0.717) is 24.6 Å². The fourth-order valence-corrected chi connectivity index (χ4v) is 1.85. The molecule has 0 saturated carbocycles. The smallest absolute Gasteiger partial charge is 0.221 e. The maximum atomic E-state index is 12.8. The van der Waals surface area contributed by atoms with Crippen LogP contribution in [0.5, 0.6) is 11.6 Å². The Balaban J connectivity index is 2.30. The third-order valence-electron chi connectivity index (χ3n) is 2.71. The van der Waals surface area contributed by atoms with E-state index in [1.165, 1.54) is 12.1 Å². The highest BCUT2D eigenvalue weighted by Gasteiger charge is 2.14. The average molecular weight is 249 g/mol. The lowest BCUT2D eigenvalue weighted by atomic mass is 10.2. The fraction of sp³-hybridized carbons (Fsp3) is 0.308. The van der Waals surface area contributed by atoms with Crippen LogP contribution < -0.4 is 10.5 Å². The Morgan fingerprint density at radius 3 is 2.61 bits per heavy atom. The largest absolute Gasteiger partial charge is 0.439 e. The van der Waals surface area contributed by atoms with Crippen molar-refractivity contribution in [3.8, 4) is 11.6 Å². The van der Waals surface area contributed by atoms with Gasteiger partial charge in [0.25, 0.3) is 0 Å². The van der Waals surface area contributed by atoms with Crippen molar-refractivity contribution in [2.75, 3.05) is 6.54 Å². The number of nitrogens with two attached hydrogens (primary N) is 1. The van der Waals surface area contributed by atoms with Gasteiger partial charge in [0.15, 0.2) is 0 Å². The zero-order valence-electron chi connectivity index (χ0n) is 10.5. The van der Waals surface area contributed by atoms with Crippen molar-refractivity contribution >= 4 is 0 Å². The number of benzene rings is 1. The minimum atomic E-state index is -0.286. The van der Waals surface area contributed by atoms with Gasteiger partial charge in [0.05, 0.1) is 5.69 Å². The number of rotatable bonds is 4. The standard InChI is InChI=1S/C13H16FN3O/c1-9-12(7-8-15)13(17(2)16-9)18-11-5-3-10(14)4-6-11/h3-6H,7-8,15H2,1-2H3. The van der Waals surface area contributed by atoms with Crippen LogP contribution in [0, 0.1) is 12.7 Å². The van der Waals surface area contributed by atoms with Gasteiger partial charge >= 0.3 is 0 Å². The minimum Gasteiger partial charge on any atom is -0.439 e. The Kier molecular flexibility index (Phi) is 3.62. The van der Waals surface area contributed by atoms with E-state index in [4.69, 9.17) is 10.5 Å². The van der Waals surface area contributed by atoms with Crippen molar-refractivity contribution in [1.29, 1.82) is 0 Å². The van der Waals surface area contributed by atoms with Crippen LogP contribution >= 0.6 is 0 Å². The number of ether oxygens (including phenoxy) is 1. The molecule has 0 atom stereocenters. The summed E-state index contributed by atoms with van der Waals surface area (Å²) in [6.45, 7) is 2.45. The summed E-state index contributed by atoms with van der Waals surface area (Å²) in [4.78, 5) is 0. The van der Waals surface area contributed by atoms with Crippen molar-refractivity contribution in [2.45, 2.75) is 13.3 Å². The van der Waals surface area contributed by atoms with Gasteiger partial charge < -0.3 is 10.5 Å². The van der Waals surface area contributed by atoms with E-state index in [2.05, 4.69) is 5.10 Å². The molecular weight excluding hydrogens is 233 g/mol. The molecule has 0 fully saturated rings. The molecule has 0 aliphatic rings. The van der Waals surface area contributed by atoms with E-state index < -0.39 is 0 Å². The number of halogens is 1. The third kappa shape index (κ3) is 2.51. The molecule has 4 nitrogen and oxygen atoms in total. The molecule has 2 rings (SSSR count). The molecule has 96 valence electrons. The molecule has 2 N–H and O–H groups in total. The first kappa shape index (κ1) is 12.6. The number of aromatic nitrogens is 2. The van der Waals surface area contributed by atoms with E-state index in [9.17, 15) is 4.39 Å². The summed E-state index contributed by atoms with van der Waals surface area (Å²) in [6, 6.07) is 5.90. The summed E-state index contributed by atoms with van der Waals surface area (Å²) in [7, 11) is 1.81. The average Bonchev–Trinajstić information content (AvgIpc) is 2.59. The molecule has 0 spiro atoms. The van der Waals surface area contributed by atoms with Gasteiger partial charge in [0.1, 0.15) is 11.6 Å². The van der Waals surface area contributed by atoms with Crippen LogP contribution in [-0.4, -0.2) is 16.3 Å². The predicted molar refractivity (Wildman–Crippen MR) is 67.2 cm³/mol. The molecule has 2 aromatic rings. The Hall–Kier alpha value is -1.88. The zero-order chi connectivity index (χ0) is 13.1. The lowest BCUT2D eigenvalue weighted by Crippen LogP contribution is -2.04. The first-order valence-electron chi connectivity index (χ1n) is 5.77. The van der Waals surface area contributed by atoms with Gasteiger partial charge in [0.2, 0.25) is 5.88 Å². The lowest BCUT2D eigenvalue weighted by molar-refractivity contribution is 0.425. The second-order valence-corrected chi connectivity index (χ2v) is 4.09. The summed E-state index contributed by atoms with van der Waals surface area (Å²) >= 11 is 0. The monoisotopic (exact) mass is 249 g/mol. The maximum Gasteiger partial charge on any atom is 0.221 e. The van der Waals surface area contributed by atoms with Crippen LogP contribution in [0.2, 0.25) is 0 Å². The Morgan fingerprint density at radius 1 is 1.33 bits per heavy atom. The quantitative estimate of drug-likeness (QED) is 0.903. The van der Waals surface area contributed by atoms with E-state index in [-0.39, 0.29) is 5.82 Å². The van der Waals surface area contributed by atoms with Crippen LogP contribution in [-0.2, 0) is 13.5 Å². The number of hydrogen-bond acceptors (Lipinski definition) is 3. The molecule has 0 saturated heterocycles. The number of aryl methyl sites for hydroxylation is 2. The van der Waals surface area contributed by atoms with E-state index >= 15 is 0 Å². The van der Waals surface area contributed by atoms with Gasteiger partial charge in [-0.2, -0.15) is 5.10 Å². The van der Waals surface area contributed by atoms with Gasteiger partial charge in [-0.1, -0.05) is 0 Å². The van der Waals surface area contributed by atoms with Crippen molar-refractivity contribution in [1.82, 2.24) is 9.78 Å². The van der Waals surface area contributed by atoms with Crippen LogP contribution in [0.15, 0.2) is 24.3 Å². The predicted octanol–water partition coefficient (Wildman–Crippen LogP) is 2.16. The zero-order valence-corrected chi connectivity index (χ0v) is 10.5. The molecule has 1 aromatic heterocycles. The Morgan fingerprint density at radius 2 is 2.00 bits per heavy atom. The molecule has 5 heteroatoms. The van der Waals surface area contributed by atoms with Gasteiger partial charge in [-0.05, 0) is 44.2 Å². The fourth-order valence-electron chi connectivity index (χ4n) is 1.85. The Labute approximate surface area is 105 Å². The molecule has 0 aliphatic carbocycles. The van der Waals surface area contributed by atoms with Crippen molar-refractivity contribution < 1.29 is 9.13 Å². The topological polar surface area (TPSA) is 53.1 Å². The second kappa shape index (κ2) is 5.18. The van der Waals surface area contributed by atoms with Crippen LogP contribution in [0.4, 0.5) is 4.39 Å². The van der Waals surface area contributed by atoms with Crippen molar-refractivity contribution in [3.05, 3.63) is 41.3 Å². The minimum absolute atomic E-state index is 0.286. The summed E-state index contributed by atoms with van der Waals surface area (Å²) in [6.07, 6.45) is 0.705. The van der Waals surface area contributed by atoms with Gasteiger partial charge in [-0.25, -0.2) is 9.07 Å². The normalized spacial score (nSPS) is 10.7. The molecular formula is C13H16FN3O. The van der Waals surface area contributed by atoms with Gasteiger partial charge in [-0.3, -0.25) is 0 Å². The first-order chi connectivity index (χ1) is 8.61. The van der Waals surface area contributed by atoms with Crippen LogP contribution in [0.3, 0.4) is 0 Å². The second-order valence-electron chi connectivity index (χ2n) is 4.09. The maximum absolute atomic E-state index is 12.8.